The molecule has 170 valence electrons. The molecule has 0 saturated carbocycles. The van der Waals surface area contributed by atoms with Crippen LogP contribution < -0.4 is 0 Å². The minimum Gasteiger partial charge on any atom is -0.445 e. The van der Waals surface area contributed by atoms with Gasteiger partial charge >= 0.3 is 12.3 Å². The molecule has 1 amide bonds. The molecule has 2 aliphatic heterocycles. The van der Waals surface area contributed by atoms with Crippen molar-refractivity contribution in [2.45, 2.75) is 57.0 Å². The minimum absolute atomic E-state index is 0.0133. The summed E-state index contributed by atoms with van der Waals surface area (Å²) in [5.74, 6) is -1.61. The van der Waals surface area contributed by atoms with Gasteiger partial charge in [-0.15, -0.1) is 0 Å². The zero-order valence-corrected chi connectivity index (χ0v) is 17.3. The van der Waals surface area contributed by atoms with Crippen molar-refractivity contribution in [1.29, 1.82) is 0 Å². The van der Waals surface area contributed by atoms with Crippen LogP contribution in [0.3, 0.4) is 0 Å². The quantitative estimate of drug-likeness (QED) is 0.564. The summed E-state index contributed by atoms with van der Waals surface area (Å²) in [5.41, 5.74) is -0.206. The Labute approximate surface area is 183 Å². The summed E-state index contributed by atoms with van der Waals surface area (Å²) < 4.78 is 57.9. The van der Waals surface area contributed by atoms with Gasteiger partial charge in [-0.2, -0.15) is 13.2 Å². The highest BCUT2D eigenvalue weighted by molar-refractivity contribution is 5.84. The largest absolute Gasteiger partial charge is 0.445 e. The van der Waals surface area contributed by atoms with Crippen molar-refractivity contribution < 1.29 is 31.9 Å². The number of nitrogens with zero attached hydrogens (tertiary/aromatic N) is 1. The summed E-state index contributed by atoms with van der Waals surface area (Å²) >= 11 is 0. The van der Waals surface area contributed by atoms with Crippen molar-refractivity contribution in [3.8, 4) is 0 Å². The number of rotatable bonds is 5. The molecule has 2 fully saturated rings. The van der Waals surface area contributed by atoms with Crippen molar-refractivity contribution in [3.63, 3.8) is 0 Å². The van der Waals surface area contributed by atoms with E-state index < -0.39 is 23.7 Å². The number of halogens is 4. The van der Waals surface area contributed by atoms with Crippen LogP contribution in [0.1, 0.15) is 42.4 Å². The molecule has 0 N–H and O–H groups in total. The van der Waals surface area contributed by atoms with E-state index in [0.29, 0.717) is 18.9 Å². The van der Waals surface area contributed by atoms with Gasteiger partial charge in [0.1, 0.15) is 18.2 Å². The fraction of sp³-hybridized carbons (Fsp3) is 0.417. The van der Waals surface area contributed by atoms with Crippen LogP contribution in [0.25, 0.3) is 0 Å². The number of ether oxygens (including phenoxy) is 1. The van der Waals surface area contributed by atoms with E-state index in [1.165, 1.54) is 0 Å². The van der Waals surface area contributed by atoms with Crippen LogP contribution in [-0.2, 0) is 28.7 Å². The lowest BCUT2D eigenvalue weighted by molar-refractivity contribution is -0.138. The van der Waals surface area contributed by atoms with Gasteiger partial charge in [0.05, 0.1) is 5.56 Å². The van der Waals surface area contributed by atoms with Crippen LogP contribution in [0.4, 0.5) is 22.4 Å². The fourth-order valence-electron chi connectivity index (χ4n) is 4.79. The molecule has 2 atom stereocenters. The average molecular weight is 449 g/mol. The first-order valence-corrected chi connectivity index (χ1v) is 10.6. The SMILES string of the molecule is O=C(Cc1cc(F)cc(C(F)(F)F)c1)C1CC2CCC(C1)N2C(=O)OCc1ccccc1. The smallest absolute Gasteiger partial charge is 0.416 e. The van der Waals surface area contributed by atoms with Gasteiger partial charge < -0.3 is 9.64 Å². The molecule has 0 aliphatic carbocycles. The Balaban J connectivity index is 1.37. The predicted molar refractivity (Wildman–Crippen MR) is 108 cm³/mol. The highest BCUT2D eigenvalue weighted by atomic mass is 19.4. The lowest BCUT2D eigenvalue weighted by atomic mass is 9.85. The van der Waals surface area contributed by atoms with E-state index in [-0.39, 0.29) is 42.4 Å². The van der Waals surface area contributed by atoms with Gasteiger partial charge in [-0.25, -0.2) is 9.18 Å². The summed E-state index contributed by atoms with van der Waals surface area (Å²) in [6, 6.07) is 11.3. The highest BCUT2D eigenvalue weighted by Gasteiger charge is 2.45. The minimum atomic E-state index is -4.68. The standard InChI is InChI=1S/C24H23F4NO3/c25-19-9-16(8-18(13-19)24(26,27)28)10-22(30)17-11-20-6-7-21(12-17)29(20)23(31)32-14-15-4-2-1-3-5-15/h1-5,8-9,13,17,20-21H,6-7,10-12,14H2. The van der Waals surface area contributed by atoms with Crippen molar-refractivity contribution in [1.82, 2.24) is 4.90 Å². The second-order valence-electron chi connectivity index (χ2n) is 8.49. The fourth-order valence-corrected chi connectivity index (χ4v) is 4.79. The number of carbonyl (C=O) groups is 2. The first-order chi connectivity index (χ1) is 15.2. The predicted octanol–water partition coefficient (Wildman–Crippen LogP) is 5.54. The van der Waals surface area contributed by atoms with Crippen LogP contribution >= 0.6 is 0 Å². The maximum atomic E-state index is 13.7. The Morgan fingerprint density at radius 3 is 2.25 bits per heavy atom. The lowest BCUT2D eigenvalue weighted by Crippen LogP contribution is -2.48. The molecular formula is C24H23F4NO3. The summed E-state index contributed by atoms with van der Waals surface area (Å²) in [7, 11) is 0. The van der Waals surface area contributed by atoms with Gasteiger partial charge in [0.25, 0.3) is 0 Å². The molecule has 8 heteroatoms. The molecule has 0 spiro atoms. The van der Waals surface area contributed by atoms with Crippen molar-refractivity contribution in [2.24, 2.45) is 5.92 Å². The van der Waals surface area contributed by atoms with E-state index in [9.17, 15) is 27.2 Å². The van der Waals surface area contributed by atoms with E-state index in [1.807, 2.05) is 30.3 Å². The second kappa shape index (κ2) is 8.92. The molecule has 0 radical (unpaired) electrons. The van der Waals surface area contributed by atoms with Gasteiger partial charge in [0.2, 0.25) is 0 Å². The van der Waals surface area contributed by atoms with E-state index in [1.54, 1.807) is 4.90 Å². The summed E-state index contributed by atoms with van der Waals surface area (Å²) in [4.78, 5) is 27.2. The number of Topliss-reactive ketones (excluding diaryl/α,β-unsaturated/α-hetero) is 1. The Hall–Kier alpha value is -2.90. The molecule has 4 rings (SSSR count). The van der Waals surface area contributed by atoms with Crippen molar-refractivity contribution in [2.75, 3.05) is 0 Å². The molecular weight excluding hydrogens is 426 g/mol. The molecule has 2 saturated heterocycles. The summed E-state index contributed by atoms with van der Waals surface area (Å²) in [5, 5.41) is 0. The van der Waals surface area contributed by atoms with E-state index in [0.717, 1.165) is 30.5 Å². The molecule has 2 aliphatic rings. The molecule has 2 heterocycles. The van der Waals surface area contributed by atoms with Crippen molar-refractivity contribution >= 4 is 11.9 Å². The van der Waals surface area contributed by atoms with Gasteiger partial charge in [0, 0.05) is 24.4 Å². The van der Waals surface area contributed by atoms with Crippen molar-refractivity contribution in [3.05, 3.63) is 71.0 Å². The molecule has 2 bridgehead atoms. The Morgan fingerprint density at radius 2 is 1.62 bits per heavy atom. The molecule has 2 unspecified atom stereocenters. The number of carbonyl (C=O) groups excluding carboxylic acids is 2. The number of hydrogen-bond donors (Lipinski definition) is 0. The first kappa shape index (κ1) is 22.3. The van der Waals surface area contributed by atoms with Crippen LogP contribution in [0.5, 0.6) is 0 Å². The molecule has 4 nitrogen and oxygen atoms in total. The summed E-state index contributed by atoms with van der Waals surface area (Å²) in [6.07, 6.45) is -2.95. The topological polar surface area (TPSA) is 46.6 Å². The van der Waals surface area contributed by atoms with Gasteiger partial charge in [-0.1, -0.05) is 30.3 Å². The van der Waals surface area contributed by atoms with Crippen LogP contribution in [0.15, 0.2) is 48.5 Å². The molecule has 0 aromatic heterocycles. The number of hydrogen-bond acceptors (Lipinski definition) is 3. The van der Waals surface area contributed by atoms with E-state index in [4.69, 9.17) is 4.74 Å². The monoisotopic (exact) mass is 449 g/mol. The van der Waals surface area contributed by atoms with Gasteiger partial charge in [-0.3, -0.25) is 4.79 Å². The average Bonchev–Trinajstić information content (AvgIpc) is 3.01. The zero-order valence-electron chi connectivity index (χ0n) is 17.3. The third-order valence-corrected chi connectivity index (χ3v) is 6.27. The number of alkyl halides is 3. The Bertz CT molecular complexity index is 978. The van der Waals surface area contributed by atoms with Gasteiger partial charge in [0.15, 0.2) is 0 Å². The van der Waals surface area contributed by atoms with Crippen LogP contribution in [0.2, 0.25) is 0 Å². The number of fused-ring (bicyclic) bond motifs is 2. The normalized spacial score (nSPS) is 22.6. The summed E-state index contributed by atoms with van der Waals surface area (Å²) in [6.45, 7) is 0.166. The maximum absolute atomic E-state index is 13.7. The lowest BCUT2D eigenvalue weighted by Gasteiger charge is -2.37. The first-order valence-electron chi connectivity index (χ1n) is 10.6. The molecule has 32 heavy (non-hydrogen) atoms. The van der Waals surface area contributed by atoms with Crippen LogP contribution in [-0.4, -0.2) is 28.9 Å². The zero-order chi connectivity index (χ0) is 22.9. The number of piperidine rings is 1. The Kier molecular flexibility index (Phi) is 6.22. The number of ketones is 1. The third kappa shape index (κ3) is 4.95. The third-order valence-electron chi connectivity index (χ3n) is 6.27. The van der Waals surface area contributed by atoms with Crippen LogP contribution in [0, 0.1) is 11.7 Å². The molecule has 2 aromatic carbocycles. The number of benzene rings is 2. The Morgan fingerprint density at radius 1 is 0.969 bits per heavy atom. The number of amides is 1. The van der Waals surface area contributed by atoms with E-state index >= 15 is 0 Å². The van der Waals surface area contributed by atoms with E-state index in [2.05, 4.69) is 0 Å². The maximum Gasteiger partial charge on any atom is 0.416 e. The highest BCUT2D eigenvalue weighted by Crippen LogP contribution is 2.40. The molecule has 2 aromatic rings. The second-order valence-corrected chi connectivity index (χ2v) is 8.49. The van der Waals surface area contributed by atoms with Gasteiger partial charge in [-0.05, 0) is 55.0 Å².